The van der Waals surface area contributed by atoms with Gasteiger partial charge in [0.25, 0.3) is 0 Å². The molecular weight excluding hydrogens is 264 g/mol. The third-order valence-corrected chi connectivity index (χ3v) is 3.23. The van der Waals surface area contributed by atoms with E-state index in [0.717, 1.165) is 5.69 Å². The van der Waals surface area contributed by atoms with Crippen LogP contribution in [0.3, 0.4) is 0 Å². The Balaban J connectivity index is 2.20. The highest BCUT2D eigenvalue weighted by molar-refractivity contribution is 7.85. The molecule has 1 aromatic heterocycles. The Morgan fingerprint density at radius 1 is 1.16 bits per heavy atom. The van der Waals surface area contributed by atoms with Crippen molar-refractivity contribution in [1.29, 1.82) is 0 Å². The second-order valence-electron chi connectivity index (χ2n) is 3.91. The van der Waals surface area contributed by atoms with Crippen molar-refractivity contribution in [3.63, 3.8) is 0 Å². The van der Waals surface area contributed by atoms with Gasteiger partial charge in [-0.25, -0.2) is 8.42 Å². The second kappa shape index (κ2) is 5.29. The van der Waals surface area contributed by atoms with Gasteiger partial charge in [0.05, 0.1) is 22.5 Å². The minimum atomic E-state index is -4.41. The normalized spacial score (nSPS) is 11.9. The summed E-state index contributed by atoms with van der Waals surface area (Å²) in [5, 5.41) is 0. The predicted octanol–water partition coefficient (Wildman–Crippen LogP) is 2.04. The molecule has 1 aromatic carbocycles. The molecule has 0 spiro atoms. The molecule has 0 radical (unpaired) electrons. The topological polar surface area (TPSA) is 82.5 Å². The fourth-order valence-corrected chi connectivity index (χ4v) is 1.94. The van der Waals surface area contributed by atoms with Crippen molar-refractivity contribution in [2.75, 3.05) is 0 Å². The van der Waals surface area contributed by atoms with E-state index in [4.69, 9.17) is 0 Å². The van der Waals surface area contributed by atoms with Crippen molar-refractivity contribution >= 4 is 22.0 Å². The number of benzene rings is 1. The third kappa shape index (κ3) is 3.70. The first kappa shape index (κ1) is 13.4. The van der Waals surface area contributed by atoms with Crippen LogP contribution in [0.15, 0.2) is 52.4 Å². The number of hydrogen-bond acceptors (Lipinski definition) is 5. The van der Waals surface area contributed by atoms with E-state index in [9.17, 15) is 13.0 Å². The van der Waals surface area contributed by atoms with Crippen molar-refractivity contribution in [3.05, 3.63) is 53.9 Å². The molecule has 5 nitrogen and oxygen atoms in total. The molecular formula is C13H11N2O3S-. The molecule has 2 aromatic rings. The summed E-state index contributed by atoms with van der Waals surface area (Å²) in [6.45, 7) is 1.88. The Morgan fingerprint density at radius 3 is 2.42 bits per heavy atom. The van der Waals surface area contributed by atoms with E-state index in [0.29, 0.717) is 11.4 Å². The molecule has 0 saturated carbocycles. The van der Waals surface area contributed by atoms with Crippen LogP contribution in [0, 0.1) is 6.92 Å². The van der Waals surface area contributed by atoms with E-state index in [1.807, 2.05) is 25.1 Å². The molecule has 1 heterocycles. The van der Waals surface area contributed by atoms with Gasteiger partial charge in [-0.2, -0.15) is 0 Å². The zero-order valence-electron chi connectivity index (χ0n) is 10.1. The summed E-state index contributed by atoms with van der Waals surface area (Å²) in [5.41, 5.74) is 2.15. The molecule has 19 heavy (non-hydrogen) atoms. The van der Waals surface area contributed by atoms with Gasteiger partial charge in [0, 0.05) is 5.69 Å². The van der Waals surface area contributed by atoms with Crippen LogP contribution in [0.2, 0.25) is 0 Å². The first-order chi connectivity index (χ1) is 8.95. The van der Waals surface area contributed by atoms with Gasteiger partial charge in [0.15, 0.2) is 0 Å². The highest BCUT2D eigenvalue weighted by atomic mass is 32.2. The number of hydrogen-bond donors (Lipinski definition) is 0. The van der Waals surface area contributed by atoms with Crippen LogP contribution >= 0.6 is 0 Å². The molecule has 0 aliphatic carbocycles. The molecule has 0 aliphatic heterocycles. The maximum absolute atomic E-state index is 10.8. The van der Waals surface area contributed by atoms with Crippen molar-refractivity contribution in [2.45, 2.75) is 11.8 Å². The molecule has 0 atom stereocenters. The standard InChI is InChI=1S/C13H12N2O3S/c1-10-3-2-4-12(15-10)9-14-11-5-7-13(8-6-11)19(16,17)18/h2-9H,1H3,(H,16,17,18)/p-1. The molecule has 0 bridgehead atoms. The fourth-order valence-electron chi connectivity index (χ4n) is 1.48. The van der Waals surface area contributed by atoms with Crippen molar-refractivity contribution in [2.24, 2.45) is 4.99 Å². The van der Waals surface area contributed by atoms with E-state index in [1.165, 1.54) is 24.3 Å². The SMILES string of the molecule is Cc1cccc(C=Nc2ccc(S(=O)(=O)[O-])cc2)n1. The first-order valence-corrected chi connectivity index (χ1v) is 6.90. The van der Waals surface area contributed by atoms with Gasteiger partial charge in [0.1, 0.15) is 10.1 Å². The molecule has 0 aliphatic rings. The first-order valence-electron chi connectivity index (χ1n) is 5.49. The summed E-state index contributed by atoms with van der Waals surface area (Å²) in [5.74, 6) is 0. The van der Waals surface area contributed by atoms with Crippen LogP contribution in [0.1, 0.15) is 11.4 Å². The summed E-state index contributed by atoms with van der Waals surface area (Å²) >= 11 is 0. The van der Waals surface area contributed by atoms with Crippen LogP contribution in [0.5, 0.6) is 0 Å². The lowest BCUT2D eigenvalue weighted by Gasteiger charge is -2.05. The summed E-state index contributed by atoms with van der Waals surface area (Å²) in [7, 11) is -4.41. The average molecular weight is 275 g/mol. The molecule has 6 heteroatoms. The maximum atomic E-state index is 10.8. The van der Waals surface area contributed by atoms with Crippen LogP contribution < -0.4 is 0 Å². The van der Waals surface area contributed by atoms with E-state index in [1.54, 1.807) is 6.21 Å². The molecule has 2 rings (SSSR count). The van der Waals surface area contributed by atoms with Crippen LogP contribution in [0.25, 0.3) is 0 Å². The van der Waals surface area contributed by atoms with E-state index in [2.05, 4.69) is 9.98 Å². The number of aryl methyl sites for hydroxylation is 1. The van der Waals surface area contributed by atoms with Gasteiger partial charge in [-0.05, 0) is 43.3 Å². The number of pyridine rings is 1. The number of nitrogens with zero attached hydrogens (tertiary/aromatic N) is 2. The summed E-state index contributed by atoms with van der Waals surface area (Å²) in [6, 6.07) is 11.0. The number of rotatable bonds is 3. The smallest absolute Gasteiger partial charge is 0.124 e. The van der Waals surface area contributed by atoms with Gasteiger partial charge < -0.3 is 4.55 Å². The Labute approximate surface area is 111 Å². The van der Waals surface area contributed by atoms with Gasteiger partial charge >= 0.3 is 0 Å². The lowest BCUT2D eigenvalue weighted by molar-refractivity contribution is 0.463. The molecule has 0 N–H and O–H groups in total. The molecule has 0 amide bonds. The minimum absolute atomic E-state index is 0.264. The third-order valence-electron chi connectivity index (χ3n) is 2.38. The molecule has 98 valence electrons. The largest absolute Gasteiger partial charge is 0.744 e. The minimum Gasteiger partial charge on any atom is -0.744 e. The van der Waals surface area contributed by atoms with Crippen LogP contribution in [0.4, 0.5) is 5.69 Å². The zero-order valence-corrected chi connectivity index (χ0v) is 11.0. The highest BCUT2D eigenvalue weighted by Crippen LogP contribution is 2.16. The number of aromatic nitrogens is 1. The summed E-state index contributed by atoms with van der Waals surface area (Å²) in [6.07, 6.45) is 1.58. The van der Waals surface area contributed by atoms with Gasteiger partial charge in [-0.15, -0.1) is 0 Å². The Kier molecular flexibility index (Phi) is 3.73. The monoisotopic (exact) mass is 275 g/mol. The van der Waals surface area contributed by atoms with Gasteiger partial charge in [-0.3, -0.25) is 9.98 Å². The Hall–Kier alpha value is -2.05. The van der Waals surface area contributed by atoms with Crippen molar-refractivity contribution in [1.82, 2.24) is 4.98 Å². The van der Waals surface area contributed by atoms with Crippen LogP contribution in [-0.2, 0) is 10.1 Å². The fraction of sp³-hybridized carbons (Fsp3) is 0.0769. The van der Waals surface area contributed by atoms with Gasteiger partial charge in [-0.1, -0.05) is 6.07 Å². The zero-order chi connectivity index (χ0) is 13.9. The van der Waals surface area contributed by atoms with Crippen molar-refractivity contribution in [3.8, 4) is 0 Å². The quantitative estimate of drug-likeness (QED) is 0.634. The van der Waals surface area contributed by atoms with E-state index in [-0.39, 0.29) is 4.90 Å². The highest BCUT2D eigenvalue weighted by Gasteiger charge is 1.99. The van der Waals surface area contributed by atoms with Crippen molar-refractivity contribution < 1.29 is 13.0 Å². The number of aliphatic imine (C=N–C) groups is 1. The molecule has 0 fully saturated rings. The predicted molar refractivity (Wildman–Crippen MR) is 70.6 cm³/mol. The lowest BCUT2D eigenvalue weighted by atomic mass is 10.3. The molecule has 0 unspecified atom stereocenters. The average Bonchev–Trinajstić information content (AvgIpc) is 2.36. The molecule has 0 saturated heterocycles. The summed E-state index contributed by atoms with van der Waals surface area (Å²) < 4.78 is 32.3. The lowest BCUT2D eigenvalue weighted by Crippen LogP contribution is -1.97. The maximum Gasteiger partial charge on any atom is 0.124 e. The van der Waals surface area contributed by atoms with E-state index < -0.39 is 10.1 Å². The Bertz CT molecular complexity index is 707. The van der Waals surface area contributed by atoms with Gasteiger partial charge in [0.2, 0.25) is 0 Å². The second-order valence-corrected chi connectivity index (χ2v) is 5.29. The van der Waals surface area contributed by atoms with E-state index >= 15 is 0 Å². The van der Waals surface area contributed by atoms with Crippen LogP contribution in [-0.4, -0.2) is 24.2 Å². The Morgan fingerprint density at radius 2 is 1.84 bits per heavy atom. The summed E-state index contributed by atoms with van der Waals surface area (Å²) in [4.78, 5) is 8.14.